The van der Waals surface area contributed by atoms with Crippen molar-refractivity contribution in [2.75, 3.05) is 14.2 Å². The average molecular weight is 248 g/mol. The molecule has 0 fully saturated rings. The smallest absolute Gasteiger partial charge is 0.179 e. The third kappa shape index (κ3) is 2.14. The summed E-state index contributed by atoms with van der Waals surface area (Å²) >= 11 is 5.12. The summed E-state index contributed by atoms with van der Waals surface area (Å²) in [6, 6.07) is 7.65. The number of aromatic nitrogens is 2. The minimum absolute atomic E-state index is 0.423. The van der Waals surface area contributed by atoms with Crippen molar-refractivity contribution in [1.29, 1.82) is 0 Å². The van der Waals surface area contributed by atoms with Crippen molar-refractivity contribution in [1.82, 2.24) is 9.97 Å². The van der Waals surface area contributed by atoms with E-state index in [4.69, 9.17) is 21.7 Å². The van der Waals surface area contributed by atoms with Crippen molar-refractivity contribution in [3.8, 4) is 22.8 Å². The van der Waals surface area contributed by atoms with E-state index < -0.39 is 0 Å². The van der Waals surface area contributed by atoms with Crippen molar-refractivity contribution in [3.63, 3.8) is 0 Å². The van der Waals surface area contributed by atoms with Gasteiger partial charge in [0, 0.05) is 5.56 Å². The van der Waals surface area contributed by atoms with E-state index in [-0.39, 0.29) is 0 Å². The maximum Gasteiger partial charge on any atom is 0.179 e. The molecule has 1 N–H and O–H groups in total. The lowest BCUT2D eigenvalue weighted by molar-refractivity contribution is 0.406. The van der Waals surface area contributed by atoms with Crippen molar-refractivity contribution < 1.29 is 9.47 Å². The van der Waals surface area contributed by atoms with Crippen molar-refractivity contribution in [2.24, 2.45) is 0 Å². The van der Waals surface area contributed by atoms with Crippen LogP contribution >= 0.6 is 12.2 Å². The Morgan fingerprint density at radius 3 is 2.65 bits per heavy atom. The maximum absolute atomic E-state index is 5.31. The summed E-state index contributed by atoms with van der Waals surface area (Å²) in [4.78, 5) is 7.02. The van der Waals surface area contributed by atoms with Crippen LogP contribution < -0.4 is 9.47 Å². The van der Waals surface area contributed by atoms with Gasteiger partial charge in [-0.2, -0.15) is 0 Å². The molecule has 1 heterocycles. The Kier molecular flexibility index (Phi) is 3.39. The summed E-state index contributed by atoms with van der Waals surface area (Å²) < 4.78 is 11.0. The molecule has 0 atom stereocenters. The van der Waals surface area contributed by atoms with Gasteiger partial charge in [-0.05, 0) is 12.1 Å². The van der Waals surface area contributed by atoms with Gasteiger partial charge in [-0.1, -0.05) is 24.4 Å². The average Bonchev–Trinajstić information content (AvgIpc) is 2.38. The molecule has 2 rings (SSSR count). The van der Waals surface area contributed by atoms with Crippen LogP contribution in [-0.2, 0) is 0 Å². The van der Waals surface area contributed by atoms with Gasteiger partial charge in [0.05, 0.1) is 26.2 Å². The second kappa shape index (κ2) is 4.97. The van der Waals surface area contributed by atoms with E-state index in [0.29, 0.717) is 10.4 Å². The van der Waals surface area contributed by atoms with Gasteiger partial charge in [0.25, 0.3) is 0 Å². The molecular formula is C12H12N2O2S. The van der Waals surface area contributed by atoms with E-state index in [2.05, 4.69) is 9.97 Å². The summed E-state index contributed by atoms with van der Waals surface area (Å²) in [5.41, 5.74) is 1.66. The number of nitrogens with one attached hydrogen (secondary N) is 1. The molecule has 17 heavy (non-hydrogen) atoms. The lowest BCUT2D eigenvalue weighted by atomic mass is 10.1. The molecule has 0 spiro atoms. The van der Waals surface area contributed by atoms with Gasteiger partial charge in [-0.25, -0.2) is 4.98 Å². The molecule has 1 aromatic carbocycles. The molecule has 0 unspecified atom stereocenters. The third-order valence-corrected chi connectivity index (χ3v) is 2.68. The van der Waals surface area contributed by atoms with E-state index in [0.717, 1.165) is 17.0 Å². The molecular weight excluding hydrogens is 236 g/mol. The number of methoxy groups -OCH3 is 2. The highest BCUT2D eigenvalue weighted by molar-refractivity contribution is 7.71. The SMILES string of the molecule is COc1ccccc1-c1[nH]cnc(=S)c1OC. The highest BCUT2D eigenvalue weighted by Gasteiger charge is 2.12. The van der Waals surface area contributed by atoms with Crippen LogP contribution in [0.5, 0.6) is 11.5 Å². The first-order valence-corrected chi connectivity index (χ1v) is 5.43. The number of H-pyrrole nitrogens is 1. The molecule has 5 heteroatoms. The molecule has 0 saturated heterocycles. The Morgan fingerprint density at radius 1 is 1.18 bits per heavy atom. The zero-order valence-corrected chi connectivity index (χ0v) is 10.4. The van der Waals surface area contributed by atoms with E-state index in [1.54, 1.807) is 20.5 Å². The van der Waals surface area contributed by atoms with Gasteiger partial charge in [0.2, 0.25) is 0 Å². The fraction of sp³-hybridized carbons (Fsp3) is 0.167. The molecule has 0 radical (unpaired) electrons. The van der Waals surface area contributed by atoms with Crippen LogP contribution in [0.4, 0.5) is 0 Å². The van der Waals surface area contributed by atoms with Gasteiger partial charge < -0.3 is 14.5 Å². The fourth-order valence-corrected chi connectivity index (χ4v) is 1.87. The molecule has 2 aromatic rings. The number of hydrogen-bond donors (Lipinski definition) is 1. The molecule has 88 valence electrons. The maximum atomic E-state index is 5.31. The second-order valence-electron chi connectivity index (χ2n) is 3.32. The minimum Gasteiger partial charge on any atom is -0.496 e. The van der Waals surface area contributed by atoms with Gasteiger partial charge >= 0.3 is 0 Å². The lowest BCUT2D eigenvalue weighted by Gasteiger charge is -2.11. The predicted octanol–water partition coefficient (Wildman–Crippen LogP) is 2.82. The fourth-order valence-electron chi connectivity index (χ4n) is 1.63. The van der Waals surface area contributed by atoms with Gasteiger partial charge in [-0.3, -0.25) is 0 Å². The first kappa shape index (κ1) is 11.6. The molecule has 0 aliphatic heterocycles. The molecule has 0 bridgehead atoms. The zero-order valence-electron chi connectivity index (χ0n) is 9.56. The zero-order chi connectivity index (χ0) is 12.3. The molecule has 1 aromatic heterocycles. The normalized spacial score (nSPS) is 10.0. The van der Waals surface area contributed by atoms with Crippen molar-refractivity contribution in [3.05, 3.63) is 35.2 Å². The van der Waals surface area contributed by atoms with E-state index in [1.807, 2.05) is 24.3 Å². The van der Waals surface area contributed by atoms with Crippen LogP contribution in [0.1, 0.15) is 0 Å². The van der Waals surface area contributed by atoms with Crippen molar-refractivity contribution in [2.45, 2.75) is 0 Å². The molecule has 0 amide bonds. The topological polar surface area (TPSA) is 47.1 Å². The lowest BCUT2D eigenvalue weighted by Crippen LogP contribution is -1.96. The summed E-state index contributed by atoms with van der Waals surface area (Å²) in [6.07, 6.45) is 1.55. The first-order valence-electron chi connectivity index (χ1n) is 5.03. The number of hydrogen-bond acceptors (Lipinski definition) is 4. The van der Waals surface area contributed by atoms with Gasteiger partial charge in [0.1, 0.15) is 5.75 Å². The van der Waals surface area contributed by atoms with E-state index in [1.165, 1.54) is 0 Å². The second-order valence-corrected chi connectivity index (χ2v) is 3.70. The number of aromatic amines is 1. The van der Waals surface area contributed by atoms with Crippen LogP contribution in [0.2, 0.25) is 0 Å². The van der Waals surface area contributed by atoms with Gasteiger partial charge in [-0.15, -0.1) is 0 Å². The molecule has 0 aliphatic rings. The Labute approximate surface area is 104 Å². The quantitative estimate of drug-likeness (QED) is 0.848. The highest BCUT2D eigenvalue weighted by atomic mass is 32.1. The summed E-state index contributed by atoms with van der Waals surface area (Å²) in [6.45, 7) is 0. The molecule has 0 aliphatic carbocycles. The number of benzene rings is 1. The standard InChI is InChI=1S/C12H12N2O2S/c1-15-9-6-4-3-5-8(9)10-11(16-2)12(17)14-7-13-10/h3-7H,1-2H3,(H,13,14,17). The largest absolute Gasteiger partial charge is 0.496 e. The predicted molar refractivity (Wildman–Crippen MR) is 68.0 cm³/mol. The Bertz CT molecular complexity index is 581. The van der Waals surface area contributed by atoms with Crippen LogP contribution in [0.15, 0.2) is 30.6 Å². The Balaban J connectivity index is 2.68. The number of para-hydroxylation sites is 1. The van der Waals surface area contributed by atoms with Crippen LogP contribution in [-0.4, -0.2) is 24.2 Å². The summed E-state index contributed by atoms with van der Waals surface area (Å²) in [5, 5.41) is 0. The Hall–Kier alpha value is -1.88. The third-order valence-electron chi connectivity index (χ3n) is 2.39. The first-order chi connectivity index (χ1) is 8.27. The monoisotopic (exact) mass is 248 g/mol. The van der Waals surface area contributed by atoms with Gasteiger partial charge in [0.15, 0.2) is 10.4 Å². The summed E-state index contributed by atoms with van der Waals surface area (Å²) in [5.74, 6) is 1.30. The van der Waals surface area contributed by atoms with E-state index >= 15 is 0 Å². The van der Waals surface area contributed by atoms with Crippen molar-refractivity contribution >= 4 is 12.2 Å². The number of ether oxygens (including phenoxy) is 2. The van der Waals surface area contributed by atoms with Crippen LogP contribution in [0, 0.1) is 4.64 Å². The van der Waals surface area contributed by atoms with Crippen LogP contribution in [0.3, 0.4) is 0 Å². The number of rotatable bonds is 3. The summed E-state index contributed by atoms with van der Waals surface area (Å²) in [7, 11) is 3.20. The number of nitrogens with zero attached hydrogens (tertiary/aromatic N) is 1. The molecule has 0 saturated carbocycles. The van der Waals surface area contributed by atoms with E-state index in [9.17, 15) is 0 Å². The Morgan fingerprint density at radius 2 is 1.94 bits per heavy atom. The highest BCUT2D eigenvalue weighted by Crippen LogP contribution is 2.34. The minimum atomic E-state index is 0.423. The molecule has 4 nitrogen and oxygen atoms in total. The van der Waals surface area contributed by atoms with Crippen LogP contribution in [0.25, 0.3) is 11.3 Å².